The minimum Gasteiger partial charge on any atom is -0.497 e. The van der Waals surface area contributed by atoms with Gasteiger partial charge in [-0.25, -0.2) is 4.39 Å². The van der Waals surface area contributed by atoms with Crippen molar-refractivity contribution < 1.29 is 13.9 Å². The lowest BCUT2D eigenvalue weighted by molar-refractivity contribution is -0.134. The molecule has 0 saturated carbocycles. The van der Waals surface area contributed by atoms with Gasteiger partial charge in [-0.15, -0.1) is 0 Å². The van der Waals surface area contributed by atoms with Gasteiger partial charge in [0.1, 0.15) is 11.6 Å². The van der Waals surface area contributed by atoms with Gasteiger partial charge in [-0.2, -0.15) is 0 Å². The van der Waals surface area contributed by atoms with E-state index < -0.39 is 0 Å². The minimum atomic E-state index is -0.276. The summed E-state index contributed by atoms with van der Waals surface area (Å²) in [6.45, 7) is 4.43. The predicted octanol–water partition coefficient (Wildman–Crippen LogP) is 5.51. The number of methoxy groups -OCH3 is 1. The third-order valence-electron chi connectivity index (χ3n) is 5.36. The second-order valence-electron chi connectivity index (χ2n) is 7.45. The molecule has 0 aliphatic rings. The van der Waals surface area contributed by atoms with Crippen LogP contribution in [0.25, 0.3) is 0 Å². The van der Waals surface area contributed by atoms with Crippen molar-refractivity contribution in [2.75, 3.05) is 7.11 Å². The van der Waals surface area contributed by atoms with Gasteiger partial charge in [0.2, 0.25) is 5.91 Å². The standard InChI is InChI=1S/C25H27FN2O2/c1-18(20-7-11-22(26)12-8-20)16-25(29)28(17-23-6-4-5-15-27-23)19(2)21-9-13-24(30-3)14-10-21/h4-15,18-19H,16-17H2,1-3H3. The number of aromatic nitrogens is 1. The van der Waals surface area contributed by atoms with Crippen molar-refractivity contribution in [1.82, 2.24) is 9.88 Å². The van der Waals surface area contributed by atoms with E-state index in [1.165, 1.54) is 12.1 Å². The van der Waals surface area contributed by atoms with Gasteiger partial charge in [-0.05, 0) is 60.4 Å². The lowest BCUT2D eigenvalue weighted by atomic mass is 9.96. The van der Waals surface area contributed by atoms with Gasteiger partial charge in [-0.3, -0.25) is 9.78 Å². The number of pyridine rings is 1. The van der Waals surface area contributed by atoms with Crippen LogP contribution in [0.1, 0.15) is 49.0 Å². The van der Waals surface area contributed by atoms with E-state index in [1.54, 1.807) is 25.4 Å². The number of rotatable bonds is 8. The fourth-order valence-corrected chi connectivity index (χ4v) is 3.46. The van der Waals surface area contributed by atoms with Crippen molar-refractivity contribution in [1.29, 1.82) is 0 Å². The molecule has 0 fully saturated rings. The molecule has 3 aromatic rings. The van der Waals surface area contributed by atoms with Gasteiger partial charge >= 0.3 is 0 Å². The van der Waals surface area contributed by atoms with Crippen LogP contribution in [-0.4, -0.2) is 22.9 Å². The van der Waals surface area contributed by atoms with Crippen LogP contribution in [0.4, 0.5) is 4.39 Å². The van der Waals surface area contributed by atoms with Gasteiger partial charge in [0.25, 0.3) is 0 Å². The molecule has 0 saturated heterocycles. The Morgan fingerprint density at radius 1 is 1.00 bits per heavy atom. The van der Waals surface area contributed by atoms with Crippen molar-refractivity contribution >= 4 is 5.91 Å². The van der Waals surface area contributed by atoms with Gasteiger partial charge in [0.15, 0.2) is 0 Å². The Morgan fingerprint density at radius 2 is 1.67 bits per heavy atom. The van der Waals surface area contributed by atoms with E-state index in [9.17, 15) is 9.18 Å². The molecule has 3 rings (SSSR count). The summed E-state index contributed by atoms with van der Waals surface area (Å²) in [6.07, 6.45) is 2.07. The number of carbonyl (C=O) groups excluding carboxylic acids is 1. The average Bonchev–Trinajstić information content (AvgIpc) is 2.78. The number of benzene rings is 2. The number of ether oxygens (including phenoxy) is 1. The largest absolute Gasteiger partial charge is 0.497 e. The minimum absolute atomic E-state index is 0.0209. The molecule has 1 heterocycles. The molecule has 0 radical (unpaired) electrons. The number of halogens is 1. The first-order valence-corrected chi connectivity index (χ1v) is 10.1. The average molecular weight is 407 g/mol. The van der Waals surface area contributed by atoms with E-state index in [4.69, 9.17) is 4.74 Å². The number of hydrogen-bond donors (Lipinski definition) is 0. The molecular weight excluding hydrogens is 379 g/mol. The SMILES string of the molecule is COc1ccc(C(C)N(Cc2ccccn2)C(=O)CC(C)c2ccc(F)cc2)cc1. The van der Waals surface area contributed by atoms with Crippen molar-refractivity contribution in [3.8, 4) is 5.75 Å². The van der Waals surface area contributed by atoms with Crippen LogP contribution >= 0.6 is 0 Å². The van der Waals surface area contributed by atoms with Crippen LogP contribution < -0.4 is 4.74 Å². The van der Waals surface area contributed by atoms with E-state index in [0.29, 0.717) is 13.0 Å². The molecular formula is C25H27FN2O2. The Morgan fingerprint density at radius 3 is 2.27 bits per heavy atom. The lowest BCUT2D eigenvalue weighted by Gasteiger charge is -2.30. The second kappa shape index (κ2) is 10.0. The predicted molar refractivity (Wildman–Crippen MR) is 116 cm³/mol. The maximum atomic E-state index is 13.3. The van der Waals surface area contributed by atoms with Crippen molar-refractivity contribution in [3.63, 3.8) is 0 Å². The molecule has 30 heavy (non-hydrogen) atoms. The summed E-state index contributed by atoms with van der Waals surface area (Å²) in [6, 6.07) is 19.7. The molecule has 0 aliphatic heterocycles. The number of amides is 1. The number of carbonyl (C=O) groups is 1. The third-order valence-corrected chi connectivity index (χ3v) is 5.36. The summed E-state index contributed by atoms with van der Waals surface area (Å²) in [7, 11) is 1.63. The molecule has 5 heteroatoms. The first kappa shape index (κ1) is 21.5. The Kier molecular flexibility index (Phi) is 7.17. The highest BCUT2D eigenvalue weighted by molar-refractivity contribution is 5.77. The monoisotopic (exact) mass is 406 g/mol. The molecule has 0 N–H and O–H groups in total. The fraction of sp³-hybridized carbons (Fsp3) is 0.280. The van der Waals surface area contributed by atoms with Crippen molar-refractivity contribution in [3.05, 3.63) is 95.6 Å². The van der Waals surface area contributed by atoms with Crippen LogP contribution in [0, 0.1) is 5.82 Å². The Bertz CT molecular complexity index is 943. The first-order chi connectivity index (χ1) is 14.5. The number of hydrogen-bond acceptors (Lipinski definition) is 3. The quantitative estimate of drug-likeness (QED) is 0.495. The number of nitrogens with zero attached hydrogens (tertiary/aromatic N) is 2. The fourth-order valence-electron chi connectivity index (χ4n) is 3.46. The summed E-state index contributed by atoms with van der Waals surface area (Å²) < 4.78 is 18.5. The molecule has 2 atom stereocenters. The zero-order chi connectivity index (χ0) is 21.5. The molecule has 0 spiro atoms. The maximum absolute atomic E-state index is 13.3. The van der Waals surface area contributed by atoms with Gasteiger partial charge in [0, 0.05) is 12.6 Å². The van der Waals surface area contributed by atoms with Crippen LogP contribution in [0.3, 0.4) is 0 Å². The lowest BCUT2D eigenvalue weighted by Crippen LogP contribution is -2.34. The van der Waals surface area contributed by atoms with Gasteiger partial charge in [-0.1, -0.05) is 37.3 Å². The van der Waals surface area contributed by atoms with Gasteiger partial charge < -0.3 is 9.64 Å². The highest BCUT2D eigenvalue weighted by atomic mass is 19.1. The Balaban J connectivity index is 1.81. The van der Waals surface area contributed by atoms with Crippen LogP contribution in [0.2, 0.25) is 0 Å². The van der Waals surface area contributed by atoms with E-state index >= 15 is 0 Å². The molecule has 156 valence electrons. The zero-order valence-corrected chi connectivity index (χ0v) is 17.6. The normalized spacial score (nSPS) is 12.8. The molecule has 0 bridgehead atoms. The Labute approximate surface area is 177 Å². The van der Waals surface area contributed by atoms with E-state index in [2.05, 4.69) is 4.98 Å². The molecule has 4 nitrogen and oxygen atoms in total. The smallest absolute Gasteiger partial charge is 0.224 e. The second-order valence-corrected chi connectivity index (χ2v) is 7.45. The van der Waals surface area contributed by atoms with Crippen molar-refractivity contribution in [2.45, 2.75) is 38.8 Å². The molecule has 1 amide bonds. The third kappa shape index (κ3) is 5.44. The van der Waals surface area contributed by atoms with E-state index in [1.807, 2.05) is 61.2 Å². The van der Waals surface area contributed by atoms with Crippen LogP contribution in [-0.2, 0) is 11.3 Å². The zero-order valence-electron chi connectivity index (χ0n) is 17.6. The molecule has 2 aromatic carbocycles. The Hall–Kier alpha value is -3.21. The summed E-state index contributed by atoms with van der Waals surface area (Å²) in [5.41, 5.74) is 2.80. The summed E-state index contributed by atoms with van der Waals surface area (Å²) in [4.78, 5) is 19.6. The molecule has 0 aliphatic carbocycles. The molecule has 1 aromatic heterocycles. The van der Waals surface area contributed by atoms with Gasteiger partial charge in [0.05, 0.1) is 25.4 Å². The summed E-state index contributed by atoms with van der Waals surface area (Å²) in [5, 5.41) is 0. The highest BCUT2D eigenvalue weighted by Gasteiger charge is 2.24. The summed E-state index contributed by atoms with van der Waals surface area (Å²) in [5.74, 6) is 0.508. The topological polar surface area (TPSA) is 42.4 Å². The van der Waals surface area contributed by atoms with Crippen LogP contribution in [0.5, 0.6) is 5.75 Å². The van der Waals surface area contributed by atoms with Crippen LogP contribution in [0.15, 0.2) is 72.9 Å². The summed E-state index contributed by atoms with van der Waals surface area (Å²) >= 11 is 0. The molecule has 2 unspecified atom stereocenters. The maximum Gasteiger partial charge on any atom is 0.224 e. The van der Waals surface area contributed by atoms with E-state index in [0.717, 1.165) is 22.6 Å². The van der Waals surface area contributed by atoms with Crippen molar-refractivity contribution in [2.24, 2.45) is 0 Å². The van der Waals surface area contributed by atoms with E-state index in [-0.39, 0.29) is 23.7 Å². The highest BCUT2D eigenvalue weighted by Crippen LogP contribution is 2.28. The first-order valence-electron chi connectivity index (χ1n) is 10.1.